The van der Waals surface area contributed by atoms with Gasteiger partial charge >= 0.3 is 0 Å². The van der Waals surface area contributed by atoms with E-state index in [4.69, 9.17) is 4.74 Å². The van der Waals surface area contributed by atoms with Crippen LogP contribution in [0.4, 0.5) is 0 Å². The lowest BCUT2D eigenvalue weighted by Gasteiger charge is -2.04. The fourth-order valence-corrected chi connectivity index (χ4v) is 3.80. The Balaban J connectivity index is 2.05. The molecule has 0 spiro atoms. The Morgan fingerprint density at radius 1 is 1.06 bits per heavy atom. The highest BCUT2D eigenvalue weighted by Gasteiger charge is 2.06. The molecule has 1 unspecified atom stereocenters. The zero-order valence-corrected chi connectivity index (χ0v) is 11.7. The molecule has 0 amide bonds. The molecular weight excluding hydrogens is 264 g/mol. The number of rotatable bonds is 5. The normalized spacial score (nSPS) is 12.1. The summed E-state index contributed by atoms with van der Waals surface area (Å²) in [6.07, 6.45) is 0. The van der Waals surface area contributed by atoms with Gasteiger partial charge in [-0.25, -0.2) is 4.21 Å². The van der Waals surface area contributed by atoms with Gasteiger partial charge in [0.05, 0.1) is 11.5 Å². The summed E-state index contributed by atoms with van der Waals surface area (Å²) in [5, 5.41) is 0. The van der Waals surface area contributed by atoms with Crippen LogP contribution in [0.5, 0.6) is 5.75 Å². The summed E-state index contributed by atoms with van der Waals surface area (Å²) in [5.41, 5.74) is 0. The predicted octanol–water partition coefficient (Wildman–Crippen LogP) is 3.90. The van der Waals surface area contributed by atoms with Crippen molar-refractivity contribution in [3.8, 4) is 5.75 Å². The standard InChI is InChI=1S/C14H14O2S2/c1-2-16-12-8-10-14(11-9-12)18(15)17-13-6-4-3-5-7-13/h3-11H,2H2,1H3. The molecule has 2 rings (SSSR count). The fourth-order valence-electron chi connectivity index (χ4n) is 1.43. The Bertz CT molecular complexity index is 509. The van der Waals surface area contributed by atoms with Crippen molar-refractivity contribution in [2.75, 3.05) is 6.61 Å². The fraction of sp³-hybridized carbons (Fsp3) is 0.143. The van der Waals surface area contributed by atoms with Gasteiger partial charge in [-0.1, -0.05) is 18.2 Å². The third-order valence-electron chi connectivity index (χ3n) is 2.24. The van der Waals surface area contributed by atoms with Gasteiger partial charge < -0.3 is 4.74 Å². The molecule has 0 aliphatic carbocycles. The second-order valence-corrected chi connectivity index (χ2v) is 6.52. The second kappa shape index (κ2) is 6.61. The number of ether oxygens (including phenoxy) is 1. The van der Waals surface area contributed by atoms with E-state index < -0.39 is 9.83 Å². The van der Waals surface area contributed by atoms with Gasteiger partial charge in [0.1, 0.15) is 15.6 Å². The first-order valence-electron chi connectivity index (χ1n) is 5.67. The first-order chi connectivity index (χ1) is 8.79. The van der Waals surface area contributed by atoms with Gasteiger partial charge in [-0.15, -0.1) is 0 Å². The quantitative estimate of drug-likeness (QED) is 0.776. The van der Waals surface area contributed by atoms with Gasteiger partial charge in [0.15, 0.2) is 0 Å². The average molecular weight is 278 g/mol. The van der Waals surface area contributed by atoms with E-state index in [0.717, 1.165) is 15.5 Å². The van der Waals surface area contributed by atoms with Crippen molar-refractivity contribution < 1.29 is 8.95 Å². The Morgan fingerprint density at radius 3 is 2.33 bits per heavy atom. The first-order valence-corrected chi connectivity index (χ1v) is 8.16. The highest BCUT2D eigenvalue weighted by Crippen LogP contribution is 2.27. The van der Waals surface area contributed by atoms with E-state index in [1.54, 1.807) is 0 Å². The van der Waals surface area contributed by atoms with Crippen LogP contribution in [0.25, 0.3) is 0 Å². The summed E-state index contributed by atoms with van der Waals surface area (Å²) < 4.78 is 17.5. The summed E-state index contributed by atoms with van der Waals surface area (Å²) in [6, 6.07) is 17.1. The highest BCUT2D eigenvalue weighted by atomic mass is 33.1. The summed E-state index contributed by atoms with van der Waals surface area (Å²) in [7, 11) is 0.262. The SMILES string of the molecule is CCOc1ccc(S(=O)Sc2ccccc2)cc1. The zero-order chi connectivity index (χ0) is 12.8. The van der Waals surface area contributed by atoms with E-state index in [9.17, 15) is 4.21 Å². The molecule has 2 nitrogen and oxygen atoms in total. The van der Waals surface area contributed by atoms with Crippen molar-refractivity contribution in [3.05, 3.63) is 54.6 Å². The van der Waals surface area contributed by atoms with Crippen LogP contribution in [0, 0.1) is 0 Å². The van der Waals surface area contributed by atoms with Gasteiger partial charge in [0.2, 0.25) is 0 Å². The molecule has 2 aromatic rings. The Kier molecular flexibility index (Phi) is 4.84. The third kappa shape index (κ3) is 3.62. The largest absolute Gasteiger partial charge is 0.494 e. The van der Waals surface area contributed by atoms with Crippen LogP contribution in [0.15, 0.2) is 64.4 Å². The molecule has 0 aromatic heterocycles. The molecule has 0 saturated carbocycles. The molecule has 94 valence electrons. The molecule has 0 N–H and O–H groups in total. The minimum atomic E-state index is -1.09. The number of benzene rings is 2. The summed E-state index contributed by atoms with van der Waals surface area (Å²) in [4.78, 5) is 1.80. The van der Waals surface area contributed by atoms with E-state index in [-0.39, 0.29) is 0 Å². The maximum absolute atomic E-state index is 12.1. The third-order valence-corrected chi connectivity index (χ3v) is 5.12. The van der Waals surface area contributed by atoms with Crippen LogP contribution < -0.4 is 4.74 Å². The summed E-state index contributed by atoms with van der Waals surface area (Å²) in [6.45, 7) is 2.58. The van der Waals surface area contributed by atoms with Crippen LogP contribution >= 0.6 is 10.8 Å². The smallest absolute Gasteiger partial charge is 0.119 e. The van der Waals surface area contributed by atoms with E-state index in [2.05, 4.69) is 0 Å². The lowest BCUT2D eigenvalue weighted by molar-refractivity contribution is 0.340. The maximum atomic E-state index is 12.1. The van der Waals surface area contributed by atoms with Gasteiger partial charge in [0, 0.05) is 4.90 Å². The van der Waals surface area contributed by atoms with Crippen LogP contribution in [-0.2, 0) is 9.83 Å². The molecule has 1 atom stereocenters. The maximum Gasteiger partial charge on any atom is 0.119 e. The summed E-state index contributed by atoms with van der Waals surface area (Å²) in [5.74, 6) is 0.808. The number of hydrogen-bond donors (Lipinski definition) is 0. The lowest BCUT2D eigenvalue weighted by atomic mass is 10.3. The molecule has 0 radical (unpaired) electrons. The lowest BCUT2D eigenvalue weighted by Crippen LogP contribution is -1.92. The Labute approximate surface area is 113 Å². The van der Waals surface area contributed by atoms with E-state index in [1.807, 2.05) is 61.5 Å². The van der Waals surface area contributed by atoms with Crippen molar-refractivity contribution in [1.29, 1.82) is 0 Å². The van der Waals surface area contributed by atoms with Gasteiger partial charge in [-0.05, 0) is 54.1 Å². The Morgan fingerprint density at radius 2 is 1.72 bits per heavy atom. The molecule has 0 fully saturated rings. The van der Waals surface area contributed by atoms with Crippen LogP contribution in [0.1, 0.15) is 6.92 Å². The second-order valence-electron chi connectivity index (χ2n) is 3.54. The van der Waals surface area contributed by atoms with Crippen molar-refractivity contribution in [3.63, 3.8) is 0 Å². The van der Waals surface area contributed by atoms with Crippen molar-refractivity contribution in [2.24, 2.45) is 0 Å². The minimum Gasteiger partial charge on any atom is -0.494 e. The molecule has 4 heteroatoms. The first kappa shape index (κ1) is 13.2. The molecule has 0 saturated heterocycles. The van der Waals surface area contributed by atoms with E-state index in [1.165, 1.54) is 10.8 Å². The molecule has 0 bridgehead atoms. The molecule has 2 aromatic carbocycles. The molecule has 0 aliphatic rings. The molecule has 0 aliphatic heterocycles. The monoisotopic (exact) mass is 278 g/mol. The topological polar surface area (TPSA) is 26.3 Å². The highest BCUT2D eigenvalue weighted by molar-refractivity contribution is 8.69. The van der Waals surface area contributed by atoms with Gasteiger partial charge in [-0.3, -0.25) is 0 Å². The minimum absolute atomic E-state index is 0.640. The molecule has 18 heavy (non-hydrogen) atoms. The Hall–Kier alpha value is -1.26. The van der Waals surface area contributed by atoms with Gasteiger partial charge in [0.25, 0.3) is 0 Å². The zero-order valence-electron chi connectivity index (χ0n) is 10.0. The van der Waals surface area contributed by atoms with Crippen LogP contribution in [-0.4, -0.2) is 10.8 Å². The van der Waals surface area contributed by atoms with E-state index in [0.29, 0.717) is 6.61 Å². The van der Waals surface area contributed by atoms with Crippen LogP contribution in [0.3, 0.4) is 0 Å². The predicted molar refractivity (Wildman–Crippen MR) is 76.3 cm³/mol. The van der Waals surface area contributed by atoms with Crippen molar-refractivity contribution in [1.82, 2.24) is 0 Å². The van der Waals surface area contributed by atoms with Crippen molar-refractivity contribution >= 4 is 20.6 Å². The van der Waals surface area contributed by atoms with Gasteiger partial charge in [-0.2, -0.15) is 0 Å². The molecular formula is C14H14O2S2. The van der Waals surface area contributed by atoms with E-state index >= 15 is 0 Å². The molecule has 0 heterocycles. The van der Waals surface area contributed by atoms with Crippen LogP contribution in [0.2, 0.25) is 0 Å². The van der Waals surface area contributed by atoms with Crippen molar-refractivity contribution in [2.45, 2.75) is 16.7 Å². The number of hydrogen-bond acceptors (Lipinski definition) is 3. The average Bonchev–Trinajstić information content (AvgIpc) is 2.41. The summed E-state index contributed by atoms with van der Waals surface area (Å²) >= 11 is 0.